The van der Waals surface area contributed by atoms with Gasteiger partial charge in [0.05, 0.1) is 11.1 Å². The number of hydrogen-bond acceptors (Lipinski definition) is 9. The van der Waals surface area contributed by atoms with Gasteiger partial charge in [0.25, 0.3) is 0 Å². The van der Waals surface area contributed by atoms with E-state index in [1.165, 1.54) is 26.0 Å². The molecule has 4 rings (SSSR count). The lowest BCUT2D eigenvalue weighted by atomic mass is 10.0. The van der Waals surface area contributed by atoms with E-state index < -0.39 is 39.7 Å². The van der Waals surface area contributed by atoms with Gasteiger partial charge in [-0.15, -0.1) is 0 Å². The Morgan fingerprint density at radius 3 is 2.22 bits per heavy atom. The third-order valence-electron chi connectivity index (χ3n) is 8.37. The summed E-state index contributed by atoms with van der Waals surface area (Å²) in [4.78, 5) is 45.0. The molecule has 1 saturated heterocycles. The van der Waals surface area contributed by atoms with Crippen LogP contribution in [0.1, 0.15) is 44.4 Å². The Morgan fingerprint density at radius 2 is 1.63 bits per heavy atom. The molecule has 298 valence electrons. The van der Waals surface area contributed by atoms with E-state index in [1.807, 2.05) is 45.3 Å². The number of piperazine rings is 1. The van der Waals surface area contributed by atoms with Gasteiger partial charge in [-0.3, -0.25) is 9.59 Å². The van der Waals surface area contributed by atoms with E-state index in [9.17, 15) is 31.2 Å². The zero-order valence-corrected chi connectivity index (χ0v) is 32.9. The Kier molecular flexibility index (Phi) is 15.5. The first-order chi connectivity index (χ1) is 25.0. The Morgan fingerprint density at radius 1 is 1.02 bits per heavy atom. The van der Waals surface area contributed by atoms with Crippen LogP contribution in [-0.4, -0.2) is 116 Å². The second kappa shape index (κ2) is 18.7. The van der Waals surface area contributed by atoms with Gasteiger partial charge in [-0.1, -0.05) is 47.8 Å². The molecule has 0 radical (unpaired) electrons. The number of ether oxygens (including phenoxy) is 1. The SMILES string of the molecule is Cc1ccc2cccc(OCc3c(Cl)ccc(S(=O)(=O)NC(C)(C)C(=O)N4CCN(C(=O)[C@@H](N)CCCCN(C)C)CC4)c3Cl)c2n1.O=C(O)C(F)(F)F. The number of carboxylic acids is 1. The number of rotatable bonds is 13. The lowest BCUT2D eigenvalue weighted by Gasteiger charge is -2.39. The van der Waals surface area contributed by atoms with Crippen molar-refractivity contribution in [1.82, 2.24) is 24.4 Å². The number of aromatic nitrogens is 1. The number of aryl methyl sites for hydroxylation is 1. The molecule has 13 nitrogen and oxygen atoms in total. The van der Waals surface area contributed by atoms with Crippen molar-refractivity contribution < 1.29 is 45.8 Å². The fraction of sp³-hybridized carbons (Fsp3) is 0.486. The quantitative estimate of drug-likeness (QED) is 0.202. The molecular weight excluding hydrogens is 776 g/mol. The summed E-state index contributed by atoms with van der Waals surface area (Å²) in [6.45, 7) is 6.85. The molecule has 1 fully saturated rings. The monoisotopic (exact) mass is 820 g/mol. The Hall–Kier alpha value is -3.74. The number of nitrogens with one attached hydrogen (secondary N) is 1. The number of halogens is 5. The molecule has 4 N–H and O–H groups in total. The molecular formula is C35H45Cl2F3N6O7S. The lowest BCUT2D eigenvalue weighted by Crippen LogP contribution is -2.61. The molecule has 3 aromatic rings. The number of alkyl halides is 3. The third kappa shape index (κ3) is 12.1. The van der Waals surface area contributed by atoms with Crippen molar-refractivity contribution in [2.75, 3.05) is 46.8 Å². The Balaban J connectivity index is 0.00000102. The largest absolute Gasteiger partial charge is 0.490 e. The van der Waals surface area contributed by atoms with Crippen molar-refractivity contribution in [2.24, 2.45) is 5.73 Å². The summed E-state index contributed by atoms with van der Waals surface area (Å²) in [5.74, 6) is -2.81. The summed E-state index contributed by atoms with van der Waals surface area (Å²) in [6.07, 6.45) is -2.67. The number of benzene rings is 2. The van der Waals surface area contributed by atoms with Crippen LogP contribution >= 0.6 is 23.2 Å². The van der Waals surface area contributed by atoms with Gasteiger partial charge >= 0.3 is 12.1 Å². The summed E-state index contributed by atoms with van der Waals surface area (Å²) in [7, 11) is -0.278. The van der Waals surface area contributed by atoms with E-state index in [0.29, 0.717) is 30.8 Å². The number of nitrogens with zero attached hydrogens (tertiary/aromatic N) is 4. The second-order valence-corrected chi connectivity index (χ2v) is 15.9. The van der Waals surface area contributed by atoms with E-state index in [4.69, 9.17) is 43.6 Å². The predicted molar refractivity (Wildman–Crippen MR) is 199 cm³/mol. The molecule has 1 aromatic heterocycles. The number of carbonyl (C=O) groups is 3. The fourth-order valence-electron chi connectivity index (χ4n) is 5.51. The van der Waals surface area contributed by atoms with Crippen molar-refractivity contribution in [1.29, 1.82) is 0 Å². The van der Waals surface area contributed by atoms with Crippen LogP contribution in [0.25, 0.3) is 10.9 Å². The number of carboxylic acid groups (broad SMARTS) is 1. The molecule has 2 amide bonds. The molecule has 0 aliphatic carbocycles. The summed E-state index contributed by atoms with van der Waals surface area (Å²) in [5, 5.41) is 8.14. The number of nitrogens with two attached hydrogens (primary N) is 1. The average Bonchev–Trinajstić information content (AvgIpc) is 3.08. The number of pyridine rings is 1. The van der Waals surface area contributed by atoms with Crippen LogP contribution in [0.3, 0.4) is 0 Å². The number of amides is 2. The first-order valence-electron chi connectivity index (χ1n) is 16.8. The van der Waals surface area contributed by atoms with Crippen LogP contribution in [0, 0.1) is 6.92 Å². The zero-order valence-electron chi connectivity index (χ0n) is 30.5. The van der Waals surface area contributed by atoms with Gasteiger partial charge in [-0.2, -0.15) is 17.9 Å². The van der Waals surface area contributed by atoms with Crippen molar-refractivity contribution >= 4 is 61.9 Å². The average molecular weight is 822 g/mol. The van der Waals surface area contributed by atoms with Crippen molar-refractivity contribution in [2.45, 2.75) is 69.3 Å². The van der Waals surface area contributed by atoms with Crippen molar-refractivity contribution in [3.05, 3.63) is 63.8 Å². The molecule has 19 heteroatoms. The molecule has 1 aliphatic rings. The van der Waals surface area contributed by atoms with Crippen LogP contribution in [0.2, 0.25) is 10.0 Å². The highest BCUT2D eigenvalue weighted by Gasteiger charge is 2.40. The van der Waals surface area contributed by atoms with Crippen LogP contribution in [0.4, 0.5) is 13.2 Å². The Bertz CT molecular complexity index is 1920. The molecule has 0 unspecified atom stereocenters. The number of aliphatic carboxylic acids is 1. The van der Waals surface area contributed by atoms with E-state index in [2.05, 4.69) is 14.6 Å². The van der Waals surface area contributed by atoms with E-state index in [-0.39, 0.29) is 46.1 Å². The minimum Gasteiger partial charge on any atom is -0.487 e. The predicted octanol–water partition coefficient (Wildman–Crippen LogP) is 4.85. The van der Waals surface area contributed by atoms with Crippen LogP contribution in [0.5, 0.6) is 5.75 Å². The maximum absolute atomic E-state index is 13.6. The van der Waals surface area contributed by atoms with Gasteiger partial charge in [0.1, 0.15) is 28.3 Å². The number of hydrogen-bond donors (Lipinski definition) is 3. The molecule has 0 spiro atoms. The van der Waals surface area contributed by atoms with Gasteiger partial charge in [0.2, 0.25) is 21.8 Å². The van der Waals surface area contributed by atoms with Gasteiger partial charge in [-0.25, -0.2) is 18.2 Å². The van der Waals surface area contributed by atoms with Crippen LogP contribution in [-0.2, 0) is 31.0 Å². The number of fused-ring (bicyclic) bond motifs is 1. The van der Waals surface area contributed by atoms with Gasteiger partial charge in [0.15, 0.2) is 0 Å². The minimum absolute atomic E-state index is 0.109. The maximum atomic E-state index is 13.6. The number of para-hydroxylation sites is 1. The first-order valence-corrected chi connectivity index (χ1v) is 19.1. The standard InChI is InChI=1S/C33H44Cl2N6O5S.C2HF3O2/c1-22-12-13-23-9-8-11-27(30(23)37-22)46-21-24-25(34)14-15-28(29(24)35)47(44,45)38-33(2,3)32(43)41-19-17-40(18-20-41)31(42)26(36)10-6-7-16-39(4)5;3-2(4,5)1(6)7/h8-9,11-15,26,38H,6-7,10,16-21,36H2,1-5H3;(H,6,7)/t26-;/m0./s1. The summed E-state index contributed by atoms with van der Waals surface area (Å²) < 4.78 is 67.6. The smallest absolute Gasteiger partial charge is 0.487 e. The van der Waals surface area contributed by atoms with Crippen LogP contribution < -0.4 is 15.2 Å². The zero-order chi connectivity index (χ0) is 40.6. The summed E-state index contributed by atoms with van der Waals surface area (Å²) in [6, 6.07) is 11.5. The highest BCUT2D eigenvalue weighted by Crippen LogP contribution is 2.34. The van der Waals surface area contributed by atoms with Gasteiger partial charge in [0, 0.05) is 47.8 Å². The number of sulfonamides is 1. The van der Waals surface area contributed by atoms with E-state index >= 15 is 0 Å². The molecule has 54 heavy (non-hydrogen) atoms. The molecule has 0 saturated carbocycles. The van der Waals surface area contributed by atoms with E-state index in [1.54, 1.807) is 15.9 Å². The highest BCUT2D eigenvalue weighted by molar-refractivity contribution is 7.89. The molecule has 1 aliphatic heterocycles. The number of carbonyl (C=O) groups excluding carboxylic acids is 2. The summed E-state index contributed by atoms with van der Waals surface area (Å²) in [5.41, 5.74) is 6.42. The normalized spacial score (nSPS) is 14.4. The topological polar surface area (TPSA) is 175 Å². The van der Waals surface area contributed by atoms with Gasteiger partial charge in [-0.05, 0) is 78.5 Å². The molecule has 1 atom stereocenters. The molecule has 2 heterocycles. The third-order valence-corrected chi connectivity index (χ3v) is 11.0. The minimum atomic E-state index is -5.08. The van der Waals surface area contributed by atoms with Crippen molar-refractivity contribution in [3.63, 3.8) is 0 Å². The van der Waals surface area contributed by atoms with Gasteiger partial charge < -0.3 is 30.3 Å². The number of unbranched alkanes of at least 4 members (excludes halogenated alkanes) is 1. The van der Waals surface area contributed by atoms with Crippen LogP contribution in [0.15, 0.2) is 47.4 Å². The summed E-state index contributed by atoms with van der Waals surface area (Å²) >= 11 is 13.1. The molecule has 0 bridgehead atoms. The lowest BCUT2D eigenvalue weighted by molar-refractivity contribution is -0.192. The first kappa shape index (κ1) is 44.7. The Labute approximate surface area is 322 Å². The van der Waals surface area contributed by atoms with E-state index in [0.717, 1.165) is 30.5 Å². The second-order valence-electron chi connectivity index (χ2n) is 13.5. The maximum Gasteiger partial charge on any atom is 0.490 e. The highest BCUT2D eigenvalue weighted by atomic mass is 35.5. The fourth-order valence-corrected chi connectivity index (χ4v) is 7.77. The van der Waals surface area contributed by atoms with Crippen molar-refractivity contribution in [3.8, 4) is 5.75 Å². The molecule has 2 aromatic carbocycles.